The number of benzene rings is 2. The molecule has 1 amide bonds. The molecule has 0 aliphatic heterocycles. The number of fused-ring (bicyclic) bond motifs is 1. The van der Waals surface area contributed by atoms with Crippen LogP contribution in [-0.4, -0.2) is 17.4 Å². The van der Waals surface area contributed by atoms with Crippen LogP contribution in [0.3, 0.4) is 0 Å². The number of nitrogens with two attached hydrogens (primary N) is 1. The summed E-state index contributed by atoms with van der Waals surface area (Å²) in [6.07, 6.45) is 0.722. The first-order chi connectivity index (χ1) is 10.6. The van der Waals surface area contributed by atoms with E-state index in [0.717, 1.165) is 23.1 Å². The number of carbonyl (C=O) groups is 1. The zero-order valence-corrected chi connectivity index (χ0v) is 12.3. The Morgan fingerprint density at radius 2 is 2.14 bits per heavy atom. The van der Waals surface area contributed by atoms with Gasteiger partial charge in [0.2, 0.25) is 0 Å². The number of carbonyl (C=O) groups excluding carboxylic acids is 1. The highest BCUT2D eigenvalue weighted by molar-refractivity contribution is 5.94. The van der Waals surface area contributed by atoms with Crippen LogP contribution in [0.4, 0.5) is 6.01 Å². The Morgan fingerprint density at radius 1 is 1.27 bits per heavy atom. The van der Waals surface area contributed by atoms with Gasteiger partial charge in [0.25, 0.3) is 11.9 Å². The van der Waals surface area contributed by atoms with E-state index < -0.39 is 0 Å². The summed E-state index contributed by atoms with van der Waals surface area (Å²) in [4.78, 5) is 16.1. The second-order valence-electron chi connectivity index (χ2n) is 5.23. The highest BCUT2D eigenvalue weighted by Crippen LogP contribution is 2.18. The Hall–Kier alpha value is -2.82. The predicted molar refractivity (Wildman–Crippen MR) is 85.6 cm³/mol. The lowest BCUT2D eigenvalue weighted by molar-refractivity contribution is 0.0954. The van der Waals surface area contributed by atoms with Crippen molar-refractivity contribution in [3.63, 3.8) is 0 Å². The molecule has 0 spiro atoms. The number of aryl methyl sites for hydroxylation is 1. The van der Waals surface area contributed by atoms with Gasteiger partial charge in [0.05, 0.1) is 0 Å². The number of oxazole rings is 1. The van der Waals surface area contributed by atoms with Gasteiger partial charge >= 0.3 is 0 Å². The van der Waals surface area contributed by atoms with Gasteiger partial charge in [-0.25, -0.2) is 0 Å². The van der Waals surface area contributed by atoms with Crippen molar-refractivity contribution >= 4 is 23.0 Å². The molecule has 3 N–H and O–H groups in total. The number of aromatic nitrogens is 1. The van der Waals surface area contributed by atoms with Crippen LogP contribution in [0.1, 0.15) is 21.5 Å². The minimum atomic E-state index is -0.0598. The summed E-state index contributed by atoms with van der Waals surface area (Å²) in [6.45, 7) is 2.53. The smallest absolute Gasteiger partial charge is 0.292 e. The van der Waals surface area contributed by atoms with Crippen LogP contribution in [0.25, 0.3) is 11.1 Å². The fourth-order valence-electron chi connectivity index (χ4n) is 2.36. The van der Waals surface area contributed by atoms with E-state index >= 15 is 0 Å². The number of amides is 1. The van der Waals surface area contributed by atoms with Crippen molar-refractivity contribution in [2.24, 2.45) is 0 Å². The van der Waals surface area contributed by atoms with E-state index in [1.807, 2.05) is 49.4 Å². The Bertz CT molecular complexity index is 824. The van der Waals surface area contributed by atoms with Crippen molar-refractivity contribution in [3.05, 3.63) is 59.2 Å². The van der Waals surface area contributed by atoms with Crippen LogP contribution < -0.4 is 11.1 Å². The zero-order valence-electron chi connectivity index (χ0n) is 12.3. The van der Waals surface area contributed by atoms with E-state index in [1.165, 1.54) is 0 Å². The molecule has 0 atom stereocenters. The van der Waals surface area contributed by atoms with Crippen LogP contribution in [0.2, 0.25) is 0 Å². The fourth-order valence-corrected chi connectivity index (χ4v) is 2.36. The van der Waals surface area contributed by atoms with Crippen LogP contribution >= 0.6 is 0 Å². The topological polar surface area (TPSA) is 81.2 Å². The third kappa shape index (κ3) is 3.09. The van der Waals surface area contributed by atoms with Crippen molar-refractivity contribution in [3.8, 4) is 0 Å². The lowest BCUT2D eigenvalue weighted by Crippen LogP contribution is -2.25. The monoisotopic (exact) mass is 295 g/mol. The van der Waals surface area contributed by atoms with Gasteiger partial charge in [0.15, 0.2) is 5.58 Å². The van der Waals surface area contributed by atoms with Gasteiger partial charge in [-0.1, -0.05) is 23.8 Å². The molecule has 0 unspecified atom stereocenters. The maximum atomic E-state index is 12.0. The second-order valence-corrected chi connectivity index (χ2v) is 5.23. The summed E-state index contributed by atoms with van der Waals surface area (Å²) >= 11 is 0. The van der Waals surface area contributed by atoms with Crippen LogP contribution in [-0.2, 0) is 6.42 Å². The van der Waals surface area contributed by atoms with E-state index in [0.29, 0.717) is 17.7 Å². The zero-order chi connectivity index (χ0) is 15.5. The Labute approximate surface area is 128 Å². The molecule has 1 heterocycles. The van der Waals surface area contributed by atoms with Crippen molar-refractivity contribution in [1.82, 2.24) is 10.3 Å². The van der Waals surface area contributed by atoms with E-state index in [2.05, 4.69) is 10.3 Å². The molecule has 1 aromatic heterocycles. The highest BCUT2D eigenvalue weighted by Gasteiger charge is 2.06. The normalized spacial score (nSPS) is 10.8. The predicted octanol–water partition coefficient (Wildman–Crippen LogP) is 2.69. The van der Waals surface area contributed by atoms with E-state index in [-0.39, 0.29) is 11.9 Å². The number of nitrogens with zero attached hydrogens (tertiary/aromatic N) is 1. The summed E-state index contributed by atoms with van der Waals surface area (Å²) < 4.78 is 5.23. The molecule has 2 aromatic carbocycles. The maximum Gasteiger partial charge on any atom is 0.292 e. The van der Waals surface area contributed by atoms with E-state index in [9.17, 15) is 4.79 Å². The van der Waals surface area contributed by atoms with Crippen molar-refractivity contribution < 1.29 is 9.21 Å². The molecule has 5 nitrogen and oxygen atoms in total. The van der Waals surface area contributed by atoms with Gasteiger partial charge in [-0.3, -0.25) is 4.79 Å². The van der Waals surface area contributed by atoms with Crippen LogP contribution in [0, 0.1) is 6.92 Å². The average molecular weight is 295 g/mol. The fraction of sp³-hybridized carbons (Fsp3) is 0.176. The largest absolute Gasteiger partial charge is 0.424 e. The van der Waals surface area contributed by atoms with Gasteiger partial charge in [-0.2, -0.15) is 4.98 Å². The van der Waals surface area contributed by atoms with Crippen LogP contribution in [0.5, 0.6) is 0 Å². The Balaban J connectivity index is 1.60. The molecule has 0 fully saturated rings. The van der Waals surface area contributed by atoms with E-state index in [4.69, 9.17) is 10.2 Å². The standard InChI is InChI=1S/C17H17N3O2/c1-11-3-2-4-13(9-11)16(21)19-8-7-12-5-6-15-14(10-12)20-17(18)22-15/h2-6,9-10H,7-8H2,1H3,(H2,18,20)(H,19,21). The minimum absolute atomic E-state index is 0.0598. The van der Waals surface area contributed by atoms with Gasteiger partial charge in [0.1, 0.15) is 5.52 Å². The molecule has 0 saturated carbocycles. The van der Waals surface area contributed by atoms with Gasteiger partial charge < -0.3 is 15.5 Å². The maximum absolute atomic E-state index is 12.0. The first-order valence-corrected chi connectivity index (χ1v) is 7.11. The molecular weight excluding hydrogens is 278 g/mol. The Kier molecular flexibility index (Phi) is 3.78. The summed E-state index contributed by atoms with van der Waals surface area (Å²) in [6, 6.07) is 13.4. The van der Waals surface area contributed by atoms with Crippen LogP contribution in [0.15, 0.2) is 46.9 Å². The number of rotatable bonds is 4. The molecule has 3 aromatic rings. The third-order valence-electron chi connectivity index (χ3n) is 3.45. The average Bonchev–Trinajstić information content (AvgIpc) is 2.86. The second kappa shape index (κ2) is 5.89. The molecule has 112 valence electrons. The summed E-state index contributed by atoms with van der Waals surface area (Å²) in [5.41, 5.74) is 9.76. The molecule has 5 heteroatoms. The molecule has 0 radical (unpaired) electrons. The highest BCUT2D eigenvalue weighted by atomic mass is 16.4. The lowest BCUT2D eigenvalue weighted by Gasteiger charge is -2.06. The first-order valence-electron chi connectivity index (χ1n) is 7.11. The lowest BCUT2D eigenvalue weighted by atomic mass is 10.1. The molecule has 3 rings (SSSR count). The molecule has 22 heavy (non-hydrogen) atoms. The van der Waals surface area contributed by atoms with Gasteiger partial charge in [-0.15, -0.1) is 0 Å². The summed E-state index contributed by atoms with van der Waals surface area (Å²) in [5.74, 6) is -0.0598. The molecule has 0 aliphatic rings. The molecule has 0 saturated heterocycles. The molecule has 0 bridgehead atoms. The third-order valence-corrected chi connectivity index (χ3v) is 3.45. The summed E-state index contributed by atoms with van der Waals surface area (Å²) in [5, 5.41) is 2.92. The molecular formula is C17H17N3O2. The molecule has 0 aliphatic carbocycles. The number of nitrogen functional groups attached to an aromatic ring is 1. The van der Waals surface area contributed by atoms with Gasteiger partial charge in [0, 0.05) is 12.1 Å². The summed E-state index contributed by atoms with van der Waals surface area (Å²) in [7, 11) is 0. The SMILES string of the molecule is Cc1cccc(C(=O)NCCc2ccc3oc(N)nc3c2)c1. The first kappa shape index (κ1) is 14.1. The number of nitrogens with one attached hydrogen (secondary N) is 1. The quantitative estimate of drug-likeness (QED) is 0.775. The Morgan fingerprint density at radius 3 is 2.95 bits per heavy atom. The minimum Gasteiger partial charge on any atom is -0.424 e. The van der Waals surface area contributed by atoms with Gasteiger partial charge in [-0.05, 0) is 43.2 Å². The van der Waals surface area contributed by atoms with E-state index in [1.54, 1.807) is 0 Å². The van der Waals surface area contributed by atoms with Crippen molar-refractivity contribution in [2.75, 3.05) is 12.3 Å². The number of hydrogen-bond donors (Lipinski definition) is 2. The van der Waals surface area contributed by atoms with Crippen molar-refractivity contribution in [1.29, 1.82) is 0 Å². The number of hydrogen-bond acceptors (Lipinski definition) is 4. The van der Waals surface area contributed by atoms with Crippen molar-refractivity contribution in [2.45, 2.75) is 13.3 Å². The number of anilines is 1.